The van der Waals surface area contributed by atoms with Crippen LogP contribution in [0.5, 0.6) is 5.75 Å². The van der Waals surface area contributed by atoms with Crippen LogP contribution in [0.4, 0.5) is 4.39 Å². The van der Waals surface area contributed by atoms with E-state index in [1.807, 2.05) is 0 Å². The topological polar surface area (TPSA) is 95.9 Å². The number of aliphatic hydroxyl groups excluding tert-OH is 1. The van der Waals surface area contributed by atoms with Crippen LogP contribution < -0.4 is 10.1 Å². The summed E-state index contributed by atoms with van der Waals surface area (Å²) in [5.74, 6) is -2.86. The third-order valence-electron chi connectivity index (χ3n) is 2.20. The summed E-state index contributed by atoms with van der Waals surface area (Å²) in [6.07, 6.45) is 0. The minimum absolute atomic E-state index is 0.0351. The van der Waals surface area contributed by atoms with Crippen molar-refractivity contribution in [1.29, 1.82) is 0 Å². The largest absolute Gasteiger partial charge is 0.494 e. The Morgan fingerprint density at radius 3 is 2.67 bits per heavy atom. The maximum absolute atomic E-state index is 13.1. The number of carboxylic acid groups (broad SMARTS) is 1. The monoisotopic (exact) mass is 257 g/mol. The quantitative estimate of drug-likeness (QED) is 0.690. The molecule has 6 nitrogen and oxygen atoms in total. The summed E-state index contributed by atoms with van der Waals surface area (Å²) in [4.78, 5) is 22.2. The zero-order chi connectivity index (χ0) is 13.7. The number of hydrogen-bond donors (Lipinski definition) is 3. The van der Waals surface area contributed by atoms with Gasteiger partial charge in [-0.15, -0.1) is 0 Å². The predicted octanol–water partition coefficient (Wildman–Crippen LogP) is 0.00960. The fourth-order valence-electron chi connectivity index (χ4n) is 1.23. The number of hydrogen-bond acceptors (Lipinski definition) is 4. The molecular formula is C11H12FNO5. The summed E-state index contributed by atoms with van der Waals surface area (Å²) >= 11 is 0. The fraction of sp³-hybridized carbons (Fsp3) is 0.273. The lowest BCUT2D eigenvalue weighted by atomic mass is 10.2. The van der Waals surface area contributed by atoms with Gasteiger partial charge in [0.25, 0.3) is 5.91 Å². The minimum Gasteiger partial charge on any atom is -0.494 e. The Bertz CT molecular complexity index is 463. The maximum atomic E-state index is 13.1. The summed E-state index contributed by atoms with van der Waals surface area (Å²) in [7, 11) is 1.24. The van der Waals surface area contributed by atoms with E-state index in [-0.39, 0.29) is 11.3 Å². The molecule has 0 fully saturated rings. The second-order valence-corrected chi connectivity index (χ2v) is 3.40. The molecule has 0 unspecified atom stereocenters. The van der Waals surface area contributed by atoms with E-state index >= 15 is 0 Å². The highest BCUT2D eigenvalue weighted by atomic mass is 19.1. The first-order valence-electron chi connectivity index (χ1n) is 4.97. The molecule has 3 N–H and O–H groups in total. The first-order chi connectivity index (χ1) is 8.49. The highest BCUT2D eigenvalue weighted by molar-refractivity contribution is 5.96. The molecule has 7 heteroatoms. The molecule has 1 amide bonds. The lowest BCUT2D eigenvalue weighted by molar-refractivity contribution is -0.140. The third kappa shape index (κ3) is 3.17. The van der Waals surface area contributed by atoms with Gasteiger partial charge in [-0.3, -0.25) is 4.79 Å². The van der Waals surface area contributed by atoms with Crippen molar-refractivity contribution in [1.82, 2.24) is 5.32 Å². The first-order valence-corrected chi connectivity index (χ1v) is 4.97. The van der Waals surface area contributed by atoms with Crippen molar-refractivity contribution in [2.24, 2.45) is 0 Å². The van der Waals surface area contributed by atoms with Crippen LogP contribution in [0.1, 0.15) is 10.4 Å². The van der Waals surface area contributed by atoms with Gasteiger partial charge in [0.05, 0.1) is 13.7 Å². The van der Waals surface area contributed by atoms with Crippen LogP contribution in [-0.4, -0.2) is 41.8 Å². The van der Waals surface area contributed by atoms with Gasteiger partial charge in [-0.2, -0.15) is 0 Å². The molecule has 0 spiro atoms. The van der Waals surface area contributed by atoms with Crippen molar-refractivity contribution in [2.45, 2.75) is 6.04 Å². The van der Waals surface area contributed by atoms with Crippen LogP contribution in [0.2, 0.25) is 0 Å². The number of carbonyl (C=O) groups is 2. The Kier molecular flexibility index (Phi) is 4.61. The van der Waals surface area contributed by atoms with Gasteiger partial charge in [0.1, 0.15) is 0 Å². The van der Waals surface area contributed by atoms with E-state index in [0.717, 1.165) is 12.1 Å². The van der Waals surface area contributed by atoms with Gasteiger partial charge in [-0.05, 0) is 18.2 Å². The fourth-order valence-corrected chi connectivity index (χ4v) is 1.23. The van der Waals surface area contributed by atoms with Crippen LogP contribution in [0.3, 0.4) is 0 Å². The number of methoxy groups -OCH3 is 1. The van der Waals surface area contributed by atoms with Crippen molar-refractivity contribution in [3.8, 4) is 5.75 Å². The maximum Gasteiger partial charge on any atom is 0.328 e. The number of nitrogens with one attached hydrogen (secondary N) is 1. The molecule has 0 bridgehead atoms. The number of amides is 1. The highest BCUT2D eigenvalue weighted by Gasteiger charge is 2.20. The molecular weight excluding hydrogens is 245 g/mol. The second kappa shape index (κ2) is 5.97. The molecule has 18 heavy (non-hydrogen) atoms. The number of aliphatic hydroxyl groups is 1. The summed E-state index contributed by atoms with van der Waals surface area (Å²) in [5.41, 5.74) is 0.0351. The average Bonchev–Trinajstić information content (AvgIpc) is 2.35. The first kappa shape index (κ1) is 13.9. The van der Waals surface area contributed by atoms with Gasteiger partial charge in [-0.25, -0.2) is 9.18 Å². The number of ether oxygens (including phenoxy) is 1. The Balaban J connectivity index is 2.87. The van der Waals surface area contributed by atoms with Crippen molar-refractivity contribution in [3.63, 3.8) is 0 Å². The SMILES string of the molecule is COc1cc(C(=O)N[C@H](CO)C(=O)O)ccc1F. The van der Waals surface area contributed by atoms with Crippen molar-refractivity contribution in [2.75, 3.05) is 13.7 Å². The zero-order valence-electron chi connectivity index (χ0n) is 9.51. The van der Waals surface area contributed by atoms with Crippen molar-refractivity contribution in [3.05, 3.63) is 29.6 Å². The Morgan fingerprint density at radius 2 is 2.17 bits per heavy atom. The molecule has 0 radical (unpaired) electrons. The molecule has 0 aliphatic heterocycles. The molecule has 1 rings (SSSR count). The number of aliphatic carboxylic acids is 1. The molecule has 0 heterocycles. The smallest absolute Gasteiger partial charge is 0.328 e. The van der Waals surface area contributed by atoms with Crippen LogP contribution in [0.25, 0.3) is 0 Å². The van der Waals surface area contributed by atoms with Gasteiger partial charge in [0.2, 0.25) is 0 Å². The lowest BCUT2D eigenvalue weighted by Gasteiger charge is -2.12. The van der Waals surface area contributed by atoms with Gasteiger partial charge < -0.3 is 20.3 Å². The Labute approximate surface area is 102 Å². The van der Waals surface area contributed by atoms with E-state index in [2.05, 4.69) is 5.32 Å². The molecule has 1 atom stereocenters. The predicted molar refractivity (Wildman–Crippen MR) is 58.9 cm³/mol. The molecule has 0 aromatic heterocycles. The van der Waals surface area contributed by atoms with E-state index in [0.29, 0.717) is 0 Å². The Hall–Kier alpha value is -2.15. The molecule has 0 saturated carbocycles. The van der Waals surface area contributed by atoms with Crippen LogP contribution in [-0.2, 0) is 4.79 Å². The van der Waals surface area contributed by atoms with E-state index in [1.54, 1.807) is 0 Å². The van der Waals surface area contributed by atoms with E-state index in [1.165, 1.54) is 13.2 Å². The second-order valence-electron chi connectivity index (χ2n) is 3.40. The van der Waals surface area contributed by atoms with Gasteiger partial charge in [0.15, 0.2) is 17.6 Å². The average molecular weight is 257 g/mol. The standard InChI is InChI=1S/C11H12FNO5/c1-18-9-4-6(2-3-7(9)12)10(15)13-8(5-14)11(16)17/h2-4,8,14H,5H2,1H3,(H,13,15)(H,16,17)/t8-/m1/s1. The van der Waals surface area contributed by atoms with Crippen LogP contribution >= 0.6 is 0 Å². The molecule has 0 aliphatic carbocycles. The highest BCUT2D eigenvalue weighted by Crippen LogP contribution is 2.18. The van der Waals surface area contributed by atoms with E-state index in [9.17, 15) is 14.0 Å². The Morgan fingerprint density at radius 1 is 1.50 bits per heavy atom. The van der Waals surface area contributed by atoms with Gasteiger partial charge in [0, 0.05) is 5.56 Å². The molecule has 0 aliphatic rings. The molecule has 1 aromatic rings. The van der Waals surface area contributed by atoms with Crippen LogP contribution in [0.15, 0.2) is 18.2 Å². The molecule has 0 saturated heterocycles. The van der Waals surface area contributed by atoms with Crippen LogP contribution in [0, 0.1) is 5.82 Å². The van der Waals surface area contributed by atoms with Crippen molar-refractivity contribution >= 4 is 11.9 Å². The summed E-state index contributed by atoms with van der Waals surface area (Å²) in [6, 6.07) is 1.95. The number of carboxylic acids is 1. The number of rotatable bonds is 5. The number of halogens is 1. The number of benzene rings is 1. The lowest BCUT2D eigenvalue weighted by Crippen LogP contribution is -2.43. The van der Waals surface area contributed by atoms with E-state index in [4.69, 9.17) is 14.9 Å². The number of carbonyl (C=O) groups excluding carboxylic acids is 1. The third-order valence-corrected chi connectivity index (χ3v) is 2.20. The summed E-state index contributed by atoms with van der Waals surface area (Å²) in [6.45, 7) is -0.737. The molecule has 98 valence electrons. The van der Waals surface area contributed by atoms with Crippen molar-refractivity contribution < 1.29 is 28.9 Å². The summed E-state index contributed by atoms with van der Waals surface area (Å²) < 4.78 is 17.8. The summed E-state index contributed by atoms with van der Waals surface area (Å²) in [5, 5.41) is 19.5. The van der Waals surface area contributed by atoms with E-state index < -0.39 is 30.3 Å². The zero-order valence-corrected chi connectivity index (χ0v) is 9.51. The van der Waals surface area contributed by atoms with Gasteiger partial charge >= 0.3 is 5.97 Å². The van der Waals surface area contributed by atoms with Gasteiger partial charge in [-0.1, -0.05) is 0 Å². The minimum atomic E-state index is -1.41. The molecule has 1 aromatic carbocycles. The normalized spacial score (nSPS) is 11.7.